The molecular weight excluding hydrogens is 272 g/mol. The van der Waals surface area contributed by atoms with E-state index < -0.39 is 0 Å². The van der Waals surface area contributed by atoms with Crippen LogP contribution in [0.3, 0.4) is 0 Å². The fraction of sp³-hybridized carbons (Fsp3) is 0.0769. The molecule has 6 nitrogen and oxygen atoms in total. The Kier molecular flexibility index (Phi) is 3.60. The molecule has 0 unspecified atom stereocenters. The average Bonchev–Trinajstić information content (AvgIpc) is 2.96. The summed E-state index contributed by atoms with van der Waals surface area (Å²) in [5.74, 6) is 0.814. The predicted octanol–water partition coefficient (Wildman–Crippen LogP) is 2.25. The summed E-state index contributed by atoms with van der Waals surface area (Å²) in [4.78, 5) is 5.21. The molecule has 1 aromatic carbocycles. The van der Waals surface area contributed by atoms with E-state index >= 15 is 0 Å². The second-order valence-electron chi connectivity index (χ2n) is 3.94. The second kappa shape index (κ2) is 5.70. The zero-order valence-electron chi connectivity index (χ0n) is 10.8. The van der Waals surface area contributed by atoms with Gasteiger partial charge in [-0.15, -0.1) is 5.10 Å². The number of pyridine rings is 1. The number of anilines is 1. The Labute approximate surface area is 120 Å². The first-order valence-electron chi connectivity index (χ1n) is 6.02. The van der Waals surface area contributed by atoms with Gasteiger partial charge in [-0.25, -0.2) is 4.98 Å². The Morgan fingerprint density at radius 3 is 2.80 bits per heavy atom. The molecule has 0 atom stereocenters. The quantitative estimate of drug-likeness (QED) is 0.792. The minimum atomic E-state index is 0.712. The van der Waals surface area contributed by atoms with Gasteiger partial charge in [-0.2, -0.15) is 4.68 Å². The molecule has 0 spiro atoms. The van der Waals surface area contributed by atoms with Gasteiger partial charge in [0.05, 0.1) is 5.69 Å². The molecule has 0 amide bonds. The predicted molar refractivity (Wildman–Crippen MR) is 77.1 cm³/mol. The summed E-state index contributed by atoms with van der Waals surface area (Å²) in [6.45, 7) is 0. The maximum absolute atomic E-state index is 4.18. The molecule has 0 radical (unpaired) electrons. The largest absolute Gasteiger partial charge is 0.373 e. The fourth-order valence-electron chi connectivity index (χ4n) is 1.69. The van der Waals surface area contributed by atoms with Gasteiger partial charge in [-0.3, -0.25) is 0 Å². The molecule has 1 N–H and O–H groups in total. The Morgan fingerprint density at radius 2 is 2.00 bits per heavy atom. The summed E-state index contributed by atoms with van der Waals surface area (Å²) in [6.07, 6.45) is 1.75. The number of tetrazole rings is 1. The van der Waals surface area contributed by atoms with Crippen molar-refractivity contribution in [1.82, 2.24) is 25.2 Å². The molecule has 100 valence electrons. The number of rotatable bonds is 4. The van der Waals surface area contributed by atoms with Crippen LogP contribution in [0.25, 0.3) is 5.69 Å². The highest BCUT2D eigenvalue weighted by molar-refractivity contribution is 7.99. The maximum Gasteiger partial charge on any atom is 0.218 e. The van der Waals surface area contributed by atoms with E-state index in [4.69, 9.17) is 0 Å². The van der Waals surface area contributed by atoms with Gasteiger partial charge in [0.1, 0.15) is 5.82 Å². The monoisotopic (exact) mass is 284 g/mol. The Morgan fingerprint density at radius 1 is 1.15 bits per heavy atom. The molecule has 3 rings (SSSR count). The van der Waals surface area contributed by atoms with Crippen LogP contribution in [0.15, 0.2) is 58.7 Å². The van der Waals surface area contributed by atoms with E-state index in [1.807, 2.05) is 49.5 Å². The lowest BCUT2D eigenvalue weighted by atomic mass is 10.3. The molecule has 2 heterocycles. The first-order chi connectivity index (χ1) is 9.86. The first kappa shape index (κ1) is 12.6. The standard InChI is InChI=1S/C13H12N6S/c1-14-12-9-11(7-8-15-12)20-13-16-17-18-19(13)10-5-3-2-4-6-10/h2-9H,1H3,(H,14,15). The lowest BCUT2D eigenvalue weighted by Crippen LogP contribution is -1.98. The van der Waals surface area contributed by atoms with Crippen LogP contribution >= 0.6 is 11.8 Å². The minimum Gasteiger partial charge on any atom is -0.373 e. The van der Waals surface area contributed by atoms with Crippen molar-refractivity contribution in [3.8, 4) is 5.69 Å². The van der Waals surface area contributed by atoms with Gasteiger partial charge in [0.15, 0.2) is 0 Å². The Balaban J connectivity index is 1.90. The van der Waals surface area contributed by atoms with Crippen molar-refractivity contribution in [2.24, 2.45) is 0 Å². The Hall–Kier alpha value is -2.41. The third-order valence-corrected chi connectivity index (χ3v) is 3.57. The van der Waals surface area contributed by atoms with Crippen molar-refractivity contribution >= 4 is 17.6 Å². The minimum absolute atomic E-state index is 0.712. The SMILES string of the molecule is CNc1cc(Sc2nnnn2-c2ccccc2)ccn1. The summed E-state index contributed by atoms with van der Waals surface area (Å²) >= 11 is 1.49. The lowest BCUT2D eigenvalue weighted by Gasteiger charge is -2.05. The fourth-order valence-corrected chi connectivity index (χ4v) is 2.51. The van der Waals surface area contributed by atoms with Crippen LogP contribution in [0.1, 0.15) is 0 Å². The normalized spacial score (nSPS) is 10.4. The van der Waals surface area contributed by atoms with Gasteiger partial charge in [0.25, 0.3) is 0 Å². The topological polar surface area (TPSA) is 68.5 Å². The summed E-state index contributed by atoms with van der Waals surface area (Å²) in [5, 5.41) is 15.6. The third-order valence-electron chi connectivity index (χ3n) is 2.64. The highest BCUT2D eigenvalue weighted by Gasteiger charge is 2.10. The van der Waals surface area contributed by atoms with Gasteiger partial charge in [-0.05, 0) is 46.5 Å². The number of nitrogens with zero attached hydrogens (tertiary/aromatic N) is 5. The van der Waals surface area contributed by atoms with E-state index in [2.05, 4.69) is 25.8 Å². The van der Waals surface area contributed by atoms with Gasteiger partial charge < -0.3 is 5.32 Å². The molecule has 0 aliphatic heterocycles. The van der Waals surface area contributed by atoms with Gasteiger partial charge >= 0.3 is 0 Å². The van der Waals surface area contributed by atoms with Crippen LogP contribution in [0, 0.1) is 0 Å². The van der Waals surface area contributed by atoms with Crippen molar-refractivity contribution in [3.05, 3.63) is 48.7 Å². The van der Waals surface area contributed by atoms with Crippen LogP contribution in [0.4, 0.5) is 5.82 Å². The van der Waals surface area contributed by atoms with E-state index in [1.54, 1.807) is 10.9 Å². The summed E-state index contributed by atoms with van der Waals surface area (Å²) in [7, 11) is 1.84. The van der Waals surface area contributed by atoms with Gasteiger partial charge in [-0.1, -0.05) is 18.2 Å². The third kappa shape index (κ3) is 2.62. The summed E-state index contributed by atoms with van der Waals surface area (Å²) in [6, 6.07) is 13.7. The van der Waals surface area contributed by atoms with Crippen molar-refractivity contribution in [2.75, 3.05) is 12.4 Å². The van der Waals surface area contributed by atoms with Gasteiger partial charge in [0, 0.05) is 18.1 Å². The zero-order valence-corrected chi connectivity index (χ0v) is 11.6. The molecule has 0 saturated heterocycles. The average molecular weight is 284 g/mol. The Bertz CT molecular complexity index is 697. The van der Waals surface area contributed by atoms with Crippen molar-refractivity contribution in [1.29, 1.82) is 0 Å². The molecule has 0 aliphatic carbocycles. The molecule has 3 aromatic rings. The number of benzene rings is 1. The van der Waals surface area contributed by atoms with Crippen molar-refractivity contribution < 1.29 is 0 Å². The number of nitrogens with one attached hydrogen (secondary N) is 1. The van der Waals surface area contributed by atoms with E-state index in [0.29, 0.717) is 5.16 Å². The molecule has 0 saturated carbocycles. The summed E-state index contributed by atoms with van der Waals surface area (Å²) < 4.78 is 1.71. The van der Waals surface area contributed by atoms with Crippen LogP contribution < -0.4 is 5.32 Å². The van der Waals surface area contributed by atoms with E-state index in [0.717, 1.165) is 16.4 Å². The molecule has 20 heavy (non-hydrogen) atoms. The molecular formula is C13H12N6S. The molecule has 7 heteroatoms. The highest BCUT2D eigenvalue weighted by Crippen LogP contribution is 2.27. The number of hydrogen-bond donors (Lipinski definition) is 1. The van der Waals surface area contributed by atoms with Crippen LogP contribution in [-0.4, -0.2) is 32.2 Å². The molecule has 0 bridgehead atoms. The van der Waals surface area contributed by atoms with Crippen LogP contribution in [0.5, 0.6) is 0 Å². The van der Waals surface area contributed by atoms with E-state index in [-0.39, 0.29) is 0 Å². The maximum atomic E-state index is 4.18. The zero-order chi connectivity index (χ0) is 13.8. The molecule has 2 aromatic heterocycles. The van der Waals surface area contributed by atoms with Crippen LogP contribution in [0.2, 0.25) is 0 Å². The van der Waals surface area contributed by atoms with Crippen LogP contribution in [-0.2, 0) is 0 Å². The molecule has 0 aliphatic rings. The van der Waals surface area contributed by atoms with Gasteiger partial charge in [0.2, 0.25) is 5.16 Å². The first-order valence-corrected chi connectivity index (χ1v) is 6.84. The smallest absolute Gasteiger partial charge is 0.218 e. The van der Waals surface area contributed by atoms with E-state index in [1.165, 1.54) is 11.8 Å². The van der Waals surface area contributed by atoms with Crippen molar-refractivity contribution in [2.45, 2.75) is 10.1 Å². The lowest BCUT2D eigenvalue weighted by molar-refractivity contribution is 0.756. The van der Waals surface area contributed by atoms with Crippen molar-refractivity contribution in [3.63, 3.8) is 0 Å². The van der Waals surface area contributed by atoms with E-state index in [9.17, 15) is 0 Å². The number of aromatic nitrogens is 5. The number of hydrogen-bond acceptors (Lipinski definition) is 6. The molecule has 0 fully saturated rings. The number of para-hydroxylation sites is 1. The second-order valence-corrected chi connectivity index (χ2v) is 4.98. The summed E-state index contributed by atoms with van der Waals surface area (Å²) in [5.41, 5.74) is 0.933. The highest BCUT2D eigenvalue weighted by atomic mass is 32.2.